The molecule has 0 aromatic rings. The van der Waals surface area contributed by atoms with E-state index >= 15 is 0 Å². The summed E-state index contributed by atoms with van der Waals surface area (Å²) in [6.07, 6.45) is 23.1. The molecule has 31 heavy (non-hydrogen) atoms. The number of rotatable bonds is 21. The van der Waals surface area contributed by atoms with Crippen LogP contribution in [-0.4, -0.2) is 46.0 Å². The molecule has 2 N–H and O–H groups in total. The Morgan fingerprint density at radius 2 is 1.19 bits per heavy atom. The first-order chi connectivity index (χ1) is 15.0. The first-order valence-electron chi connectivity index (χ1n) is 12.0. The third-order valence-electron chi connectivity index (χ3n) is 5.22. The summed E-state index contributed by atoms with van der Waals surface area (Å²) in [7, 11) is 0. The predicted octanol–water partition coefficient (Wildman–Crippen LogP) is 5.97. The number of nitrogens with zero attached hydrogens (tertiary/aromatic N) is 1. The molecular formula is C25H43NO5. The van der Waals surface area contributed by atoms with Gasteiger partial charge >= 0.3 is 11.9 Å². The van der Waals surface area contributed by atoms with Crippen molar-refractivity contribution < 1.29 is 24.6 Å². The van der Waals surface area contributed by atoms with Gasteiger partial charge in [-0.15, -0.1) is 0 Å². The lowest BCUT2D eigenvalue weighted by atomic mass is 10.1. The zero-order valence-corrected chi connectivity index (χ0v) is 19.4. The van der Waals surface area contributed by atoms with Gasteiger partial charge in [0.1, 0.15) is 0 Å². The van der Waals surface area contributed by atoms with Gasteiger partial charge in [0.2, 0.25) is 5.91 Å². The largest absolute Gasteiger partial charge is 0.481 e. The number of carboxylic acid groups (broad SMARTS) is 2. The van der Waals surface area contributed by atoms with Gasteiger partial charge in [0.05, 0.1) is 6.42 Å². The van der Waals surface area contributed by atoms with Crippen LogP contribution in [0, 0.1) is 0 Å². The SMILES string of the molecule is CCCCCCCC/C=C\CCCCCCCCN(CCC(=O)O)C(=O)/C=C/C(=O)O. The van der Waals surface area contributed by atoms with Gasteiger partial charge in [-0.3, -0.25) is 9.59 Å². The molecule has 0 saturated carbocycles. The van der Waals surface area contributed by atoms with Crippen molar-refractivity contribution >= 4 is 17.8 Å². The molecule has 178 valence electrons. The number of amides is 1. The van der Waals surface area contributed by atoms with Crippen molar-refractivity contribution in [2.75, 3.05) is 13.1 Å². The molecule has 0 unspecified atom stereocenters. The third kappa shape index (κ3) is 20.9. The normalized spacial score (nSPS) is 11.4. The van der Waals surface area contributed by atoms with E-state index in [1.54, 1.807) is 0 Å². The number of aliphatic carboxylic acids is 2. The standard InChI is InChI=1S/C25H43NO5/c1-2-3-4-5-6-7-8-9-10-11-12-13-14-15-16-17-21-26(22-20-25(30)31)23(27)18-19-24(28)29/h9-10,18-19H,2-8,11-17,20-22H2,1H3,(H,28,29)(H,30,31)/b10-9-,19-18+. The molecule has 6 heteroatoms. The molecule has 0 radical (unpaired) electrons. The van der Waals surface area contributed by atoms with Crippen LogP contribution >= 0.6 is 0 Å². The van der Waals surface area contributed by atoms with Gasteiger partial charge in [-0.05, 0) is 32.1 Å². The second-order valence-electron chi connectivity index (χ2n) is 8.08. The van der Waals surface area contributed by atoms with Crippen molar-refractivity contribution in [3.8, 4) is 0 Å². The summed E-state index contributed by atoms with van der Waals surface area (Å²) in [5.74, 6) is -2.61. The quantitative estimate of drug-likeness (QED) is 0.131. The molecule has 0 saturated heterocycles. The molecule has 1 amide bonds. The minimum absolute atomic E-state index is 0.100. The van der Waals surface area contributed by atoms with E-state index in [9.17, 15) is 14.4 Å². The summed E-state index contributed by atoms with van der Waals surface area (Å²) in [4.78, 5) is 34.8. The number of carboxylic acids is 2. The Bertz CT molecular complexity index is 542. The van der Waals surface area contributed by atoms with E-state index in [0.29, 0.717) is 6.54 Å². The van der Waals surface area contributed by atoms with Gasteiger partial charge in [0.15, 0.2) is 0 Å². The van der Waals surface area contributed by atoms with E-state index in [0.717, 1.165) is 44.3 Å². The Morgan fingerprint density at radius 1 is 0.677 bits per heavy atom. The summed E-state index contributed by atoms with van der Waals surface area (Å²) in [5.41, 5.74) is 0. The molecule has 0 aliphatic rings. The van der Waals surface area contributed by atoms with Gasteiger partial charge in [0.25, 0.3) is 0 Å². The van der Waals surface area contributed by atoms with E-state index in [1.807, 2.05) is 0 Å². The first-order valence-corrected chi connectivity index (χ1v) is 12.0. The Balaban J connectivity index is 3.75. The summed E-state index contributed by atoms with van der Waals surface area (Å²) in [6, 6.07) is 0. The molecule has 0 rings (SSSR count). The zero-order chi connectivity index (χ0) is 23.2. The molecule has 0 atom stereocenters. The molecule has 0 aromatic carbocycles. The average molecular weight is 438 g/mol. The maximum absolute atomic E-state index is 12.0. The molecule has 6 nitrogen and oxygen atoms in total. The van der Waals surface area contributed by atoms with Crippen molar-refractivity contribution in [3.05, 3.63) is 24.3 Å². The Hall–Kier alpha value is -2.11. The number of hydrogen-bond donors (Lipinski definition) is 2. The zero-order valence-electron chi connectivity index (χ0n) is 19.4. The lowest BCUT2D eigenvalue weighted by Gasteiger charge is -2.20. The van der Waals surface area contributed by atoms with Crippen LogP contribution in [-0.2, 0) is 14.4 Å². The van der Waals surface area contributed by atoms with Crippen molar-refractivity contribution in [1.29, 1.82) is 0 Å². The fraction of sp³-hybridized carbons (Fsp3) is 0.720. The van der Waals surface area contributed by atoms with Gasteiger partial charge < -0.3 is 15.1 Å². The molecule has 0 aromatic heterocycles. The maximum Gasteiger partial charge on any atom is 0.328 e. The van der Waals surface area contributed by atoms with Crippen LogP contribution in [0.5, 0.6) is 0 Å². The topological polar surface area (TPSA) is 94.9 Å². The molecule has 0 aliphatic carbocycles. The Morgan fingerprint density at radius 3 is 1.71 bits per heavy atom. The number of hydrogen-bond acceptors (Lipinski definition) is 3. The van der Waals surface area contributed by atoms with Crippen LogP contribution in [0.15, 0.2) is 24.3 Å². The second kappa shape index (κ2) is 21.1. The van der Waals surface area contributed by atoms with Crippen LogP contribution in [0.25, 0.3) is 0 Å². The smallest absolute Gasteiger partial charge is 0.328 e. The highest BCUT2D eigenvalue weighted by Gasteiger charge is 2.12. The third-order valence-corrected chi connectivity index (χ3v) is 5.22. The van der Waals surface area contributed by atoms with Gasteiger partial charge in [0, 0.05) is 25.2 Å². The van der Waals surface area contributed by atoms with Crippen LogP contribution in [0.1, 0.15) is 103 Å². The molecule has 0 heterocycles. The highest BCUT2D eigenvalue weighted by atomic mass is 16.4. The van der Waals surface area contributed by atoms with Crippen LogP contribution in [0.3, 0.4) is 0 Å². The molecule has 0 spiro atoms. The Kier molecular flexibility index (Phi) is 19.7. The van der Waals surface area contributed by atoms with Gasteiger partial charge in [-0.25, -0.2) is 4.79 Å². The van der Waals surface area contributed by atoms with Crippen molar-refractivity contribution in [2.24, 2.45) is 0 Å². The number of unbranched alkanes of at least 4 members (excludes halogenated alkanes) is 12. The van der Waals surface area contributed by atoms with E-state index in [2.05, 4.69) is 19.1 Å². The van der Waals surface area contributed by atoms with E-state index in [4.69, 9.17) is 10.2 Å². The molecule has 0 aliphatic heterocycles. The summed E-state index contributed by atoms with van der Waals surface area (Å²) >= 11 is 0. The Labute approximate surface area is 188 Å². The number of carbonyl (C=O) groups is 3. The predicted molar refractivity (Wildman–Crippen MR) is 125 cm³/mol. The van der Waals surface area contributed by atoms with Crippen LogP contribution in [0.2, 0.25) is 0 Å². The molecule has 0 fully saturated rings. The minimum Gasteiger partial charge on any atom is -0.481 e. The van der Waals surface area contributed by atoms with E-state index in [1.165, 1.54) is 62.7 Å². The van der Waals surface area contributed by atoms with E-state index in [-0.39, 0.29) is 13.0 Å². The van der Waals surface area contributed by atoms with Crippen molar-refractivity contribution in [3.63, 3.8) is 0 Å². The molecular weight excluding hydrogens is 394 g/mol. The van der Waals surface area contributed by atoms with Crippen LogP contribution < -0.4 is 0 Å². The number of allylic oxidation sites excluding steroid dienone is 2. The lowest BCUT2D eigenvalue weighted by molar-refractivity contribution is -0.138. The van der Waals surface area contributed by atoms with Gasteiger partial charge in [-0.2, -0.15) is 0 Å². The fourth-order valence-electron chi connectivity index (χ4n) is 3.36. The van der Waals surface area contributed by atoms with Crippen molar-refractivity contribution in [1.82, 2.24) is 4.90 Å². The highest BCUT2D eigenvalue weighted by Crippen LogP contribution is 2.10. The second-order valence-corrected chi connectivity index (χ2v) is 8.08. The molecule has 0 bridgehead atoms. The minimum atomic E-state index is -1.19. The summed E-state index contributed by atoms with van der Waals surface area (Å²) < 4.78 is 0. The maximum atomic E-state index is 12.0. The van der Waals surface area contributed by atoms with E-state index < -0.39 is 17.8 Å². The average Bonchev–Trinajstić information content (AvgIpc) is 2.73. The number of carbonyl (C=O) groups excluding carboxylic acids is 1. The first kappa shape index (κ1) is 28.9. The monoisotopic (exact) mass is 437 g/mol. The summed E-state index contributed by atoms with van der Waals surface area (Å²) in [5, 5.41) is 17.5. The van der Waals surface area contributed by atoms with Crippen LogP contribution in [0.4, 0.5) is 0 Å². The lowest BCUT2D eigenvalue weighted by Crippen LogP contribution is -2.32. The van der Waals surface area contributed by atoms with Crippen molar-refractivity contribution in [2.45, 2.75) is 103 Å². The van der Waals surface area contributed by atoms with Gasteiger partial charge in [-0.1, -0.05) is 76.9 Å². The summed E-state index contributed by atoms with van der Waals surface area (Å²) in [6.45, 7) is 2.80. The fourth-order valence-corrected chi connectivity index (χ4v) is 3.36. The highest BCUT2D eigenvalue weighted by molar-refractivity contribution is 5.94.